The number of benzene rings is 1. The number of pyridine rings is 1. The van der Waals surface area contributed by atoms with Crippen LogP contribution in [0.3, 0.4) is 0 Å². The summed E-state index contributed by atoms with van der Waals surface area (Å²) in [6, 6.07) is 8.87. The zero-order valence-corrected chi connectivity index (χ0v) is 16.9. The van der Waals surface area contributed by atoms with Gasteiger partial charge in [0.05, 0.1) is 26.3 Å². The van der Waals surface area contributed by atoms with Gasteiger partial charge in [-0.05, 0) is 37.1 Å². The molecule has 3 aromatic rings. The number of hydrogen-bond donors (Lipinski definition) is 1. The lowest BCUT2D eigenvalue weighted by Crippen LogP contribution is -2.32. The highest BCUT2D eigenvalue weighted by Gasteiger charge is 2.30. The Balaban J connectivity index is 1.48. The Labute approximate surface area is 173 Å². The van der Waals surface area contributed by atoms with E-state index in [1.54, 1.807) is 42.3 Å². The van der Waals surface area contributed by atoms with Crippen molar-refractivity contribution < 1.29 is 14.3 Å². The second-order valence-electron chi connectivity index (χ2n) is 6.99. The molecule has 1 aliphatic carbocycles. The molecule has 0 atom stereocenters. The fraction of sp³-hybridized carbons (Fsp3) is 0.333. The third-order valence-electron chi connectivity index (χ3n) is 4.96. The molecule has 4 rings (SSSR count). The van der Waals surface area contributed by atoms with Crippen LogP contribution in [0.2, 0.25) is 0 Å². The van der Waals surface area contributed by atoms with Gasteiger partial charge in [0.1, 0.15) is 11.5 Å². The van der Waals surface area contributed by atoms with Crippen molar-refractivity contribution in [2.24, 2.45) is 0 Å². The van der Waals surface area contributed by atoms with E-state index in [9.17, 15) is 9.59 Å². The number of amides is 1. The first-order valence-electron chi connectivity index (χ1n) is 9.72. The summed E-state index contributed by atoms with van der Waals surface area (Å²) in [4.78, 5) is 29.5. The molecule has 0 saturated heterocycles. The Kier molecular flexibility index (Phi) is 5.51. The van der Waals surface area contributed by atoms with Gasteiger partial charge in [-0.25, -0.2) is 9.48 Å². The van der Waals surface area contributed by atoms with Gasteiger partial charge in [-0.2, -0.15) is 0 Å². The number of nitrogens with one attached hydrogen (secondary N) is 1. The van der Waals surface area contributed by atoms with E-state index in [0.29, 0.717) is 22.9 Å². The van der Waals surface area contributed by atoms with Crippen LogP contribution in [0.25, 0.3) is 11.4 Å². The Bertz CT molecular complexity index is 1100. The second-order valence-corrected chi connectivity index (χ2v) is 6.99. The molecule has 0 spiro atoms. The van der Waals surface area contributed by atoms with Crippen molar-refractivity contribution in [2.45, 2.75) is 25.4 Å². The van der Waals surface area contributed by atoms with Gasteiger partial charge in [0.25, 0.3) is 5.91 Å². The lowest BCUT2D eigenvalue weighted by molar-refractivity contribution is 0.0948. The molecule has 0 aliphatic heterocycles. The molecule has 9 heteroatoms. The average molecular weight is 409 g/mol. The van der Waals surface area contributed by atoms with E-state index in [0.717, 1.165) is 18.4 Å². The van der Waals surface area contributed by atoms with Crippen molar-refractivity contribution in [1.29, 1.82) is 0 Å². The van der Waals surface area contributed by atoms with Gasteiger partial charge in [0.2, 0.25) is 0 Å². The van der Waals surface area contributed by atoms with Crippen molar-refractivity contribution in [1.82, 2.24) is 24.6 Å². The van der Waals surface area contributed by atoms with Crippen LogP contribution in [0.15, 0.2) is 47.5 Å². The zero-order valence-electron chi connectivity index (χ0n) is 16.9. The third kappa shape index (κ3) is 3.91. The molecule has 30 heavy (non-hydrogen) atoms. The standard InChI is InChI=1S/C21H23N5O4/c1-29-16-7-8-17(18(12-16)30-2)20(27)23-10-11-25-21(28)26(15-5-6-15)19(24-25)14-4-3-9-22-13-14/h3-4,7-9,12-13,15H,5-6,10-11H2,1-2H3,(H,23,27). The summed E-state index contributed by atoms with van der Waals surface area (Å²) in [5.41, 5.74) is 1.02. The van der Waals surface area contributed by atoms with Gasteiger partial charge in [-0.3, -0.25) is 14.3 Å². The fourth-order valence-corrected chi connectivity index (χ4v) is 3.28. The van der Waals surface area contributed by atoms with Crippen molar-refractivity contribution in [2.75, 3.05) is 20.8 Å². The van der Waals surface area contributed by atoms with Crippen molar-refractivity contribution in [3.05, 3.63) is 58.8 Å². The summed E-state index contributed by atoms with van der Waals surface area (Å²) < 4.78 is 13.6. The lowest BCUT2D eigenvalue weighted by Gasteiger charge is -2.10. The summed E-state index contributed by atoms with van der Waals surface area (Å²) in [5, 5.41) is 7.32. The minimum atomic E-state index is -0.295. The summed E-state index contributed by atoms with van der Waals surface area (Å²) in [6.45, 7) is 0.512. The summed E-state index contributed by atoms with van der Waals surface area (Å²) in [5.74, 6) is 1.33. The monoisotopic (exact) mass is 409 g/mol. The van der Waals surface area contributed by atoms with Crippen LogP contribution >= 0.6 is 0 Å². The molecule has 9 nitrogen and oxygen atoms in total. The van der Waals surface area contributed by atoms with Crippen LogP contribution in [-0.4, -0.2) is 46.0 Å². The zero-order chi connectivity index (χ0) is 21.1. The van der Waals surface area contributed by atoms with Crippen LogP contribution in [0.4, 0.5) is 0 Å². The van der Waals surface area contributed by atoms with Crippen LogP contribution in [0.1, 0.15) is 29.2 Å². The van der Waals surface area contributed by atoms with Crippen LogP contribution < -0.4 is 20.5 Å². The number of ether oxygens (including phenoxy) is 2. The number of carbonyl (C=O) groups is 1. The molecule has 1 aliphatic rings. The molecular formula is C21H23N5O4. The number of methoxy groups -OCH3 is 2. The van der Waals surface area contributed by atoms with Gasteiger partial charge in [0, 0.05) is 36.6 Å². The van der Waals surface area contributed by atoms with Gasteiger partial charge >= 0.3 is 5.69 Å². The van der Waals surface area contributed by atoms with E-state index >= 15 is 0 Å². The molecular weight excluding hydrogens is 386 g/mol. The van der Waals surface area contributed by atoms with Crippen molar-refractivity contribution in [3.63, 3.8) is 0 Å². The Morgan fingerprint density at radius 3 is 2.73 bits per heavy atom. The van der Waals surface area contributed by atoms with Crippen molar-refractivity contribution >= 4 is 5.91 Å². The average Bonchev–Trinajstić information content (AvgIpc) is 3.57. The first-order valence-corrected chi connectivity index (χ1v) is 9.72. The van der Waals surface area contributed by atoms with Gasteiger partial charge in [0.15, 0.2) is 5.82 Å². The van der Waals surface area contributed by atoms with E-state index < -0.39 is 0 Å². The maximum Gasteiger partial charge on any atom is 0.346 e. The first kappa shape index (κ1) is 19.7. The van der Waals surface area contributed by atoms with Crippen LogP contribution in [0, 0.1) is 0 Å². The fourth-order valence-electron chi connectivity index (χ4n) is 3.28. The quantitative estimate of drug-likeness (QED) is 0.610. The molecule has 2 heterocycles. The Hall–Kier alpha value is -3.62. The lowest BCUT2D eigenvalue weighted by atomic mass is 10.1. The normalized spacial score (nSPS) is 13.1. The predicted molar refractivity (Wildman–Crippen MR) is 110 cm³/mol. The molecule has 1 saturated carbocycles. The largest absolute Gasteiger partial charge is 0.497 e. The SMILES string of the molecule is COc1ccc(C(=O)NCCn2nc(-c3cccnc3)n(C3CC3)c2=O)c(OC)c1. The molecule has 0 bridgehead atoms. The van der Waals surface area contributed by atoms with Gasteiger partial charge in [-0.1, -0.05) is 0 Å². The number of carbonyl (C=O) groups excluding carboxylic acids is 1. The number of aromatic nitrogens is 4. The Morgan fingerprint density at radius 2 is 2.07 bits per heavy atom. The Morgan fingerprint density at radius 1 is 1.23 bits per heavy atom. The molecule has 0 radical (unpaired) electrons. The predicted octanol–water partition coefficient (Wildman–Crippen LogP) is 1.89. The molecule has 0 unspecified atom stereocenters. The maximum atomic E-state index is 12.9. The summed E-state index contributed by atoms with van der Waals surface area (Å²) in [7, 11) is 3.04. The van der Waals surface area contributed by atoms with E-state index in [2.05, 4.69) is 15.4 Å². The van der Waals surface area contributed by atoms with Gasteiger partial charge in [-0.15, -0.1) is 5.10 Å². The summed E-state index contributed by atoms with van der Waals surface area (Å²) in [6.07, 6.45) is 5.31. The highest BCUT2D eigenvalue weighted by Crippen LogP contribution is 2.36. The van der Waals surface area contributed by atoms with Crippen LogP contribution in [0.5, 0.6) is 11.5 Å². The maximum absolute atomic E-state index is 12.9. The van der Waals surface area contributed by atoms with Gasteiger partial charge < -0.3 is 14.8 Å². The first-order chi connectivity index (χ1) is 14.6. The topological polar surface area (TPSA) is 100 Å². The van der Waals surface area contributed by atoms with E-state index in [1.165, 1.54) is 11.8 Å². The molecule has 2 aromatic heterocycles. The van der Waals surface area contributed by atoms with E-state index in [1.807, 2.05) is 12.1 Å². The molecule has 1 aromatic carbocycles. The van der Waals surface area contributed by atoms with E-state index in [4.69, 9.17) is 9.47 Å². The molecule has 1 N–H and O–H groups in total. The highest BCUT2D eigenvalue weighted by atomic mass is 16.5. The highest BCUT2D eigenvalue weighted by molar-refractivity contribution is 5.97. The summed E-state index contributed by atoms with van der Waals surface area (Å²) >= 11 is 0. The smallest absolute Gasteiger partial charge is 0.346 e. The van der Waals surface area contributed by atoms with Crippen LogP contribution in [-0.2, 0) is 6.54 Å². The second kappa shape index (κ2) is 8.40. The number of rotatable bonds is 8. The molecule has 1 amide bonds. The third-order valence-corrected chi connectivity index (χ3v) is 4.96. The minimum Gasteiger partial charge on any atom is -0.497 e. The van der Waals surface area contributed by atoms with E-state index in [-0.39, 0.29) is 30.7 Å². The minimum absolute atomic E-state index is 0.173. The number of nitrogens with zero attached hydrogens (tertiary/aromatic N) is 4. The molecule has 156 valence electrons. The number of hydrogen-bond acceptors (Lipinski definition) is 6. The molecule has 1 fully saturated rings. The van der Waals surface area contributed by atoms with Crippen molar-refractivity contribution in [3.8, 4) is 22.9 Å².